The van der Waals surface area contributed by atoms with Crippen LogP contribution in [-0.4, -0.2) is 48.3 Å². The average Bonchev–Trinajstić information content (AvgIpc) is 2.41. The molecule has 0 radical (unpaired) electrons. The van der Waals surface area contributed by atoms with E-state index in [1.807, 2.05) is 0 Å². The standard InChI is InChI=1S/C13H15F2NO5/c14-11(15)8-21-6-5-12(18)16(7-13(19)20)9-1-3-10(17)4-2-9/h1-4,11,17H,5-8H2,(H,19,20). The number of anilines is 1. The summed E-state index contributed by atoms with van der Waals surface area (Å²) in [7, 11) is 0. The summed E-state index contributed by atoms with van der Waals surface area (Å²) < 4.78 is 28.3. The van der Waals surface area contributed by atoms with Gasteiger partial charge < -0.3 is 19.8 Å². The Labute approximate surface area is 119 Å². The molecule has 0 aliphatic carbocycles. The molecule has 0 spiro atoms. The van der Waals surface area contributed by atoms with Crippen LogP contribution in [0, 0.1) is 0 Å². The normalized spacial score (nSPS) is 10.6. The molecule has 1 aromatic rings. The Morgan fingerprint density at radius 3 is 2.38 bits per heavy atom. The number of amides is 1. The van der Waals surface area contributed by atoms with Crippen molar-refractivity contribution in [1.82, 2.24) is 0 Å². The number of phenolic OH excluding ortho intramolecular Hbond substituents is 1. The van der Waals surface area contributed by atoms with Crippen LogP contribution in [0.2, 0.25) is 0 Å². The number of aliphatic carboxylic acids is 1. The molecule has 0 saturated carbocycles. The lowest BCUT2D eigenvalue weighted by atomic mass is 10.2. The van der Waals surface area contributed by atoms with Crippen LogP contribution >= 0.6 is 0 Å². The largest absolute Gasteiger partial charge is 0.508 e. The van der Waals surface area contributed by atoms with E-state index in [0.717, 1.165) is 4.90 Å². The Morgan fingerprint density at radius 1 is 1.24 bits per heavy atom. The number of aromatic hydroxyl groups is 1. The van der Waals surface area contributed by atoms with E-state index in [2.05, 4.69) is 4.74 Å². The minimum Gasteiger partial charge on any atom is -0.508 e. The molecule has 0 saturated heterocycles. The molecular formula is C13H15F2NO5. The lowest BCUT2D eigenvalue weighted by molar-refractivity contribution is -0.136. The molecule has 1 amide bonds. The van der Waals surface area contributed by atoms with Gasteiger partial charge in [0.15, 0.2) is 0 Å². The first-order chi connectivity index (χ1) is 9.90. The van der Waals surface area contributed by atoms with Crippen LogP contribution in [-0.2, 0) is 14.3 Å². The maximum absolute atomic E-state index is 11.9. The number of alkyl halides is 2. The van der Waals surface area contributed by atoms with E-state index < -0.39 is 31.5 Å². The van der Waals surface area contributed by atoms with E-state index in [-0.39, 0.29) is 24.5 Å². The lowest BCUT2D eigenvalue weighted by Gasteiger charge is -2.21. The number of rotatable bonds is 8. The van der Waals surface area contributed by atoms with Crippen molar-refractivity contribution >= 4 is 17.6 Å². The van der Waals surface area contributed by atoms with E-state index in [9.17, 15) is 23.5 Å². The fourth-order valence-corrected chi connectivity index (χ4v) is 1.56. The van der Waals surface area contributed by atoms with Crippen molar-refractivity contribution in [3.8, 4) is 5.75 Å². The van der Waals surface area contributed by atoms with Crippen molar-refractivity contribution in [2.24, 2.45) is 0 Å². The molecule has 0 unspecified atom stereocenters. The highest BCUT2D eigenvalue weighted by Gasteiger charge is 2.18. The Hall–Kier alpha value is -2.22. The number of hydrogen-bond acceptors (Lipinski definition) is 4. The first-order valence-electron chi connectivity index (χ1n) is 6.07. The van der Waals surface area contributed by atoms with Gasteiger partial charge in [-0.05, 0) is 24.3 Å². The van der Waals surface area contributed by atoms with Crippen LogP contribution in [0.4, 0.5) is 14.5 Å². The molecule has 1 rings (SSSR count). The van der Waals surface area contributed by atoms with Gasteiger partial charge in [-0.25, -0.2) is 8.78 Å². The Morgan fingerprint density at radius 2 is 1.86 bits per heavy atom. The van der Waals surface area contributed by atoms with Gasteiger partial charge in [0.05, 0.1) is 13.0 Å². The number of halogens is 2. The van der Waals surface area contributed by atoms with Gasteiger partial charge in [0.2, 0.25) is 5.91 Å². The van der Waals surface area contributed by atoms with Gasteiger partial charge in [0.1, 0.15) is 18.9 Å². The van der Waals surface area contributed by atoms with Crippen LogP contribution in [0.1, 0.15) is 6.42 Å². The molecular weight excluding hydrogens is 288 g/mol. The molecule has 0 atom stereocenters. The molecule has 116 valence electrons. The SMILES string of the molecule is O=C(O)CN(C(=O)CCOCC(F)F)c1ccc(O)cc1. The Bertz CT molecular complexity index is 478. The molecule has 0 aliphatic rings. The minimum absolute atomic E-state index is 0.0262. The summed E-state index contributed by atoms with van der Waals surface area (Å²) in [5.41, 5.74) is 0.286. The van der Waals surface area contributed by atoms with Crippen LogP contribution < -0.4 is 4.90 Å². The zero-order valence-electron chi connectivity index (χ0n) is 11.0. The quantitative estimate of drug-likeness (QED) is 0.710. The third-order valence-electron chi connectivity index (χ3n) is 2.46. The monoisotopic (exact) mass is 303 g/mol. The molecule has 8 heteroatoms. The second kappa shape index (κ2) is 8.15. The first kappa shape index (κ1) is 16.8. The Kier molecular flexibility index (Phi) is 6.54. The summed E-state index contributed by atoms with van der Waals surface area (Å²) in [6, 6.07) is 5.39. The average molecular weight is 303 g/mol. The van der Waals surface area contributed by atoms with E-state index in [4.69, 9.17) is 5.11 Å². The maximum atomic E-state index is 11.9. The molecule has 0 heterocycles. The van der Waals surface area contributed by atoms with Crippen LogP contribution in [0.15, 0.2) is 24.3 Å². The molecule has 0 aliphatic heterocycles. The number of phenols is 1. The third kappa shape index (κ3) is 6.17. The van der Waals surface area contributed by atoms with Crippen LogP contribution in [0.25, 0.3) is 0 Å². The summed E-state index contributed by atoms with van der Waals surface area (Å²) in [4.78, 5) is 23.7. The summed E-state index contributed by atoms with van der Waals surface area (Å²) in [6.07, 6.45) is -2.84. The van der Waals surface area contributed by atoms with Gasteiger partial charge in [-0.3, -0.25) is 9.59 Å². The van der Waals surface area contributed by atoms with Gasteiger partial charge in [-0.2, -0.15) is 0 Å². The summed E-state index contributed by atoms with van der Waals surface area (Å²) in [5, 5.41) is 18.0. The van der Waals surface area contributed by atoms with Gasteiger partial charge >= 0.3 is 5.97 Å². The predicted octanol–water partition coefficient (Wildman–Crippen LogP) is 1.48. The molecule has 0 bridgehead atoms. The lowest BCUT2D eigenvalue weighted by Crippen LogP contribution is -2.36. The van der Waals surface area contributed by atoms with Gasteiger partial charge in [0, 0.05) is 5.69 Å². The summed E-state index contributed by atoms with van der Waals surface area (Å²) in [5.74, 6) is -1.82. The molecule has 0 fully saturated rings. The van der Waals surface area contributed by atoms with E-state index in [1.165, 1.54) is 24.3 Å². The smallest absolute Gasteiger partial charge is 0.323 e. The zero-order valence-corrected chi connectivity index (χ0v) is 11.0. The van der Waals surface area contributed by atoms with Crippen molar-refractivity contribution in [2.45, 2.75) is 12.8 Å². The number of carboxylic acids is 1. The summed E-state index contributed by atoms with van der Waals surface area (Å²) >= 11 is 0. The topological polar surface area (TPSA) is 87.1 Å². The molecule has 1 aromatic carbocycles. The summed E-state index contributed by atoms with van der Waals surface area (Å²) in [6.45, 7) is -1.57. The number of carbonyl (C=O) groups excluding carboxylic acids is 1. The predicted molar refractivity (Wildman–Crippen MR) is 69.5 cm³/mol. The number of benzene rings is 1. The molecule has 0 aromatic heterocycles. The minimum atomic E-state index is -2.62. The molecule has 21 heavy (non-hydrogen) atoms. The van der Waals surface area contributed by atoms with Crippen molar-refractivity contribution < 1.29 is 33.3 Å². The molecule has 2 N–H and O–H groups in total. The fourth-order valence-electron chi connectivity index (χ4n) is 1.56. The number of carbonyl (C=O) groups is 2. The number of nitrogens with zero attached hydrogens (tertiary/aromatic N) is 1. The van der Waals surface area contributed by atoms with Crippen LogP contribution in [0.3, 0.4) is 0 Å². The van der Waals surface area contributed by atoms with Crippen molar-refractivity contribution in [1.29, 1.82) is 0 Å². The highest BCUT2D eigenvalue weighted by Crippen LogP contribution is 2.19. The van der Waals surface area contributed by atoms with E-state index >= 15 is 0 Å². The van der Waals surface area contributed by atoms with Gasteiger partial charge in [-0.1, -0.05) is 0 Å². The second-order valence-corrected chi connectivity index (χ2v) is 4.11. The first-order valence-corrected chi connectivity index (χ1v) is 6.07. The van der Waals surface area contributed by atoms with E-state index in [1.54, 1.807) is 0 Å². The highest BCUT2D eigenvalue weighted by molar-refractivity contribution is 5.97. The number of ether oxygens (including phenoxy) is 1. The fraction of sp³-hybridized carbons (Fsp3) is 0.385. The van der Waals surface area contributed by atoms with Gasteiger partial charge in [-0.15, -0.1) is 0 Å². The number of hydrogen-bond donors (Lipinski definition) is 2. The highest BCUT2D eigenvalue weighted by atomic mass is 19.3. The number of carboxylic acid groups (broad SMARTS) is 1. The Balaban J connectivity index is 2.66. The second-order valence-electron chi connectivity index (χ2n) is 4.11. The maximum Gasteiger partial charge on any atom is 0.323 e. The third-order valence-corrected chi connectivity index (χ3v) is 2.46. The van der Waals surface area contributed by atoms with Crippen molar-refractivity contribution in [3.63, 3.8) is 0 Å². The van der Waals surface area contributed by atoms with Crippen molar-refractivity contribution in [3.05, 3.63) is 24.3 Å². The van der Waals surface area contributed by atoms with E-state index in [0.29, 0.717) is 0 Å². The van der Waals surface area contributed by atoms with Crippen molar-refractivity contribution in [2.75, 3.05) is 24.7 Å². The van der Waals surface area contributed by atoms with Crippen LogP contribution in [0.5, 0.6) is 5.75 Å². The van der Waals surface area contributed by atoms with Gasteiger partial charge in [0.25, 0.3) is 6.43 Å². The molecule has 6 nitrogen and oxygen atoms in total. The zero-order chi connectivity index (χ0) is 15.8.